The Morgan fingerprint density at radius 3 is 2.70 bits per heavy atom. The first-order valence-corrected chi connectivity index (χ1v) is 6.29. The first-order chi connectivity index (χ1) is 9.56. The van der Waals surface area contributed by atoms with Gasteiger partial charge in [-0.25, -0.2) is 4.79 Å². The minimum absolute atomic E-state index is 0.172. The van der Waals surface area contributed by atoms with Crippen LogP contribution in [0.4, 0.5) is 4.79 Å². The molecule has 0 aliphatic carbocycles. The van der Waals surface area contributed by atoms with Crippen LogP contribution in [-0.2, 0) is 13.1 Å². The zero-order valence-electron chi connectivity index (χ0n) is 11.4. The van der Waals surface area contributed by atoms with Gasteiger partial charge in [0, 0.05) is 11.3 Å². The molecule has 0 unspecified atom stereocenters. The lowest BCUT2D eigenvalue weighted by Gasteiger charge is -2.08. The number of hydrogen-bond acceptors (Lipinski definition) is 3. The fourth-order valence-corrected chi connectivity index (χ4v) is 1.91. The van der Waals surface area contributed by atoms with Crippen LogP contribution in [0.2, 0.25) is 0 Å². The minimum Gasteiger partial charge on any atom is -0.467 e. The Kier molecular flexibility index (Phi) is 4.24. The van der Waals surface area contributed by atoms with Crippen molar-refractivity contribution in [1.82, 2.24) is 15.6 Å². The van der Waals surface area contributed by atoms with Crippen LogP contribution in [0.15, 0.2) is 33.7 Å². The highest BCUT2D eigenvalue weighted by Crippen LogP contribution is 2.03. The summed E-state index contributed by atoms with van der Waals surface area (Å²) in [6.07, 6.45) is 1.55. The highest BCUT2D eigenvalue weighted by molar-refractivity contribution is 5.73. The summed E-state index contributed by atoms with van der Waals surface area (Å²) in [5.74, 6) is 0.671. The van der Waals surface area contributed by atoms with E-state index in [0.29, 0.717) is 17.9 Å². The lowest BCUT2D eigenvalue weighted by molar-refractivity contribution is 0.239. The second-order valence-corrected chi connectivity index (χ2v) is 4.56. The Hall–Kier alpha value is -2.50. The van der Waals surface area contributed by atoms with Crippen molar-refractivity contribution in [2.24, 2.45) is 0 Å². The molecule has 0 spiro atoms. The standard InChI is InChI=1S/C14H17N3O3/c1-9-6-10(2)17-13(18)12(9)8-16-14(19)15-7-11-4-3-5-20-11/h3-6H,7-8H2,1-2H3,(H,17,18)(H2,15,16,19). The summed E-state index contributed by atoms with van der Waals surface area (Å²) in [7, 11) is 0. The summed E-state index contributed by atoms with van der Waals surface area (Å²) >= 11 is 0. The van der Waals surface area contributed by atoms with E-state index in [9.17, 15) is 9.59 Å². The number of carbonyl (C=O) groups excluding carboxylic acids is 1. The number of amides is 2. The number of aryl methyl sites for hydroxylation is 2. The maximum absolute atomic E-state index is 11.8. The van der Waals surface area contributed by atoms with Crippen LogP contribution in [0.1, 0.15) is 22.6 Å². The second kappa shape index (κ2) is 6.10. The van der Waals surface area contributed by atoms with E-state index in [0.717, 1.165) is 11.3 Å². The number of urea groups is 1. The van der Waals surface area contributed by atoms with Gasteiger partial charge in [-0.2, -0.15) is 0 Å². The molecule has 2 amide bonds. The predicted molar refractivity (Wildman–Crippen MR) is 74.3 cm³/mol. The highest BCUT2D eigenvalue weighted by Gasteiger charge is 2.07. The third-order valence-electron chi connectivity index (χ3n) is 2.92. The molecule has 0 aliphatic rings. The van der Waals surface area contributed by atoms with Crippen molar-refractivity contribution in [2.45, 2.75) is 26.9 Å². The fraction of sp³-hybridized carbons (Fsp3) is 0.286. The van der Waals surface area contributed by atoms with Crippen LogP contribution in [0.3, 0.4) is 0 Å². The third-order valence-corrected chi connectivity index (χ3v) is 2.92. The first-order valence-electron chi connectivity index (χ1n) is 6.29. The SMILES string of the molecule is Cc1cc(C)c(CNC(=O)NCc2ccco2)c(=O)[nH]1. The van der Waals surface area contributed by atoms with E-state index >= 15 is 0 Å². The third kappa shape index (κ3) is 3.50. The van der Waals surface area contributed by atoms with Gasteiger partial charge in [0.05, 0.1) is 19.4 Å². The highest BCUT2D eigenvalue weighted by atomic mass is 16.3. The van der Waals surface area contributed by atoms with Crippen molar-refractivity contribution in [3.63, 3.8) is 0 Å². The van der Waals surface area contributed by atoms with Crippen LogP contribution >= 0.6 is 0 Å². The maximum Gasteiger partial charge on any atom is 0.315 e. The molecular formula is C14H17N3O3. The fourth-order valence-electron chi connectivity index (χ4n) is 1.91. The summed E-state index contributed by atoms with van der Waals surface area (Å²) in [6, 6.07) is 5.05. The van der Waals surface area contributed by atoms with Crippen molar-refractivity contribution in [3.05, 3.63) is 57.4 Å². The molecule has 0 aromatic carbocycles. The van der Waals surface area contributed by atoms with E-state index in [1.807, 2.05) is 19.9 Å². The van der Waals surface area contributed by atoms with Gasteiger partial charge in [0.2, 0.25) is 0 Å². The summed E-state index contributed by atoms with van der Waals surface area (Å²) in [5.41, 5.74) is 2.05. The summed E-state index contributed by atoms with van der Waals surface area (Å²) in [4.78, 5) is 26.1. The van der Waals surface area contributed by atoms with Crippen LogP contribution in [0.5, 0.6) is 0 Å². The lowest BCUT2D eigenvalue weighted by Crippen LogP contribution is -2.36. The molecule has 0 saturated heterocycles. The molecule has 0 bridgehead atoms. The lowest BCUT2D eigenvalue weighted by atomic mass is 10.1. The first kappa shape index (κ1) is 13.9. The molecule has 0 aliphatic heterocycles. The molecule has 2 aromatic rings. The van der Waals surface area contributed by atoms with E-state index in [2.05, 4.69) is 15.6 Å². The molecule has 20 heavy (non-hydrogen) atoms. The van der Waals surface area contributed by atoms with Crippen molar-refractivity contribution < 1.29 is 9.21 Å². The van der Waals surface area contributed by atoms with Crippen LogP contribution in [-0.4, -0.2) is 11.0 Å². The van der Waals surface area contributed by atoms with Crippen molar-refractivity contribution in [3.8, 4) is 0 Å². The maximum atomic E-state index is 11.8. The second-order valence-electron chi connectivity index (χ2n) is 4.56. The van der Waals surface area contributed by atoms with Gasteiger partial charge in [0.25, 0.3) is 5.56 Å². The normalized spacial score (nSPS) is 10.3. The Morgan fingerprint density at radius 2 is 2.05 bits per heavy atom. The number of aromatic nitrogens is 1. The number of rotatable bonds is 4. The van der Waals surface area contributed by atoms with Gasteiger partial charge < -0.3 is 20.0 Å². The topological polar surface area (TPSA) is 87.1 Å². The average Bonchev–Trinajstić information content (AvgIpc) is 2.88. The summed E-state index contributed by atoms with van der Waals surface area (Å²) in [6.45, 7) is 4.16. The van der Waals surface area contributed by atoms with E-state index in [1.54, 1.807) is 18.4 Å². The van der Waals surface area contributed by atoms with Gasteiger partial charge >= 0.3 is 6.03 Å². The van der Waals surface area contributed by atoms with Gasteiger partial charge in [-0.3, -0.25) is 4.79 Å². The van der Waals surface area contributed by atoms with Gasteiger partial charge in [0.1, 0.15) is 5.76 Å². The van der Waals surface area contributed by atoms with E-state index in [4.69, 9.17) is 4.42 Å². The predicted octanol–water partition coefficient (Wildman–Crippen LogP) is 1.58. The smallest absolute Gasteiger partial charge is 0.315 e. The molecule has 6 heteroatoms. The number of hydrogen-bond donors (Lipinski definition) is 3. The number of carbonyl (C=O) groups is 1. The minimum atomic E-state index is -0.347. The van der Waals surface area contributed by atoms with Gasteiger partial charge in [-0.15, -0.1) is 0 Å². The molecule has 106 valence electrons. The Balaban J connectivity index is 1.89. The zero-order valence-corrected chi connectivity index (χ0v) is 11.4. The largest absolute Gasteiger partial charge is 0.467 e. The summed E-state index contributed by atoms with van der Waals surface area (Å²) < 4.78 is 5.10. The van der Waals surface area contributed by atoms with E-state index < -0.39 is 0 Å². The van der Waals surface area contributed by atoms with Gasteiger partial charge in [-0.1, -0.05) is 0 Å². The number of aromatic amines is 1. The van der Waals surface area contributed by atoms with Crippen molar-refractivity contribution in [2.75, 3.05) is 0 Å². The molecule has 0 radical (unpaired) electrons. The Morgan fingerprint density at radius 1 is 1.30 bits per heavy atom. The average molecular weight is 275 g/mol. The monoisotopic (exact) mass is 275 g/mol. The Bertz CT molecular complexity index is 644. The van der Waals surface area contributed by atoms with Gasteiger partial charge in [-0.05, 0) is 37.6 Å². The van der Waals surface area contributed by atoms with Crippen LogP contribution < -0.4 is 16.2 Å². The number of H-pyrrole nitrogens is 1. The van der Waals surface area contributed by atoms with E-state index in [1.165, 1.54) is 0 Å². The molecule has 2 aromatic heterocycles. The molecular weight excluding hydrogens is 258 g/mol. The quantitative estimate of drug-likeness (QED) is 0.791. The summed E-state index contributed by atoms with van der Waals surface area (Å²) in [5, 5.41) is 5.30. The zero-order chi connectivity index (χ0) is 14.5. The molecule has 3 N–H and O–H groups in total. The number of nitrogens with one attached hydrogen (secondary N) is 3. The molecule has 2 rings (SSSR count). The van der Waals surface area contributed by atoms with E-state index in [-0.39, 0.29) is 18.1 Å². The Labute approximate surface area is 116 Å². The van der Waals surface area contributed by atoms with Crippen LogP contribution in [0.25, 0.3) is 0 Å². The van der Waals surface area contributed by atoms with Crippen molar-refractivity contribution >= 4 is 6.03 Å². The molecule has 0 atom stereocenters. The number of furan rings is 1. The molecule has 2 heterocycles. The van der Waals surface area contributed by atoms with Crippen LogP contribution in [0, 0.1) is 13.8 Å². The van der Waals surface area contributed by atoms with Gasteiger partial charge in [0.15, 0.2) is 0 Å². The molecule has 6 nitrogen and oxygen atoms in total. The molecule has 0 fully saturated rings. The van der Waals surface area contributed by atoms with Crippen molar-refractivity contribution in [1.29, 1.82) is 0 Å². The number of pyridine rings is 1. The molecule has 0 saturated carbocycles.